The monoisotopic (exact) mass is 274 g/mol. The number of aryl methyl sites for hydroxylation is 2. The van der Waals surface area contributed by atoms with E-state index >= 15 is 0 Å². The fourth-order valence-electron chi connectivity index (χ4n) is 2.06. The Labute approximate surface area is 117 Å². The Bertz CT molecular complexity index is 601. The Morgan fingerprint density at radius 1 is 1.30 bits per heavy atom. The summed E-state index contributed by atoms with van der Waals surface area (Å²) in [4.78, 5) is 13.3. The van der Waals surface area contributed by atoms with Crippen molar-refractivity contribution in [1.82, 2.24) is 10.6 Å². The highest BCUT2D eigenvalue weighted by atomic mass is 16.5. The van der Waals surface area contributed by atoms with Gasteiger partial charge in [0.15, 0.2) is 11.5 Å². The zero-order chi connectivity index (χ0) is 14.7. The predicted molar refractivity (Wildman–Crippen MR) is 76.2 cm³/mol. The van der Waals surface area contributed by atoms with Crippen molar-refractivity contribution in [2.24, 2.45) is 5.84 Å². The van der Waals surface area contributed by atoms with Gasteiger partial charge in [-0.3, -0.25) is 10.2 Å². The van der Waals surface area contributed by atoms with Crippen LogP contribution in [0.1, 0.15) is 27.4 Å². The van der Waals surface area contributed by atoms with Crippen molar-refractivity contribution in [2.75, 3.05) is 11.9 Å². The van der Waals surface area contributed by atoms with Crippen LogP contribution in [0.25, 0.3) is 0 Å². The molecule has 6 nitrogen and oxygen atoms in total. The van der Waals surface area contributed by atoms with E-state index in [2.05, 4.69) is 37.2 Å². The van der Waals surface area contributed by atoms with Gasteiger partial charge in [0, 0.05) is 18.8 Å². The minimum atomic E-state index is -0.464. The summed E-state index contributed by atoms with van der Waals surface area (Å²) in [5, 5.41) is 3.68. The van der Waals surface area contributed by atoms with Crippen molar-refractivity contribution >= 4 is 11.6 Å². The Morgan fingerprint density at radius 2 is 1.95 bits per heavy atom. The summed E-state index contributed by atoms with van der Waals surface area (Å²) in [5.74, 6) is 5.19. The first-order valence-corrected chi connectivity index (χ1v) is 6.25. The van der Waals surface area contributed by atoms with Crippen LogP contribution in [0.5, 0.6) is 0 Å². The minimum Gasteiger partial charge on any atom is -0.367 e. The molecule has 0 radical (unpaired) electrons. The largest absolute Gasteiger partial charge is 0.367 e. The molecule has 1 amide bonds. The molecule has 6 heteroatoms. The molecule has 0 atom stereocenters. The fourth-order valence-corrected chi connectivity index (χ4v) is 2.06. The van der Waals surface area contributed by atoms with E-state index in [1.54, 1.807) is 6.07 Å². The number of hydrazine groups is 1. The zero-order valence-electron chi connectivity index (χ0n) is 11.8. The molecule has 0 unspecified atom stereocenters. The number of nitrogens with two attached hydrogens (primary N) is 1. The van der Waals surface area contributed by atoms with E-state index in [4.69, 9.17) is 10.4 Å². The first-order chi connectivity index (χ1) is 9.49. The van der Waals surface area contributed by atoms with Gasteiger partial charge >= 0.3 is 0 Å². The van der Waals surface area contributed by atoms with Gasteiger partial charge in [-0.25, -0.2) is 5.84 Å². The first-order valence-electron chi connectivity index (χ1n) is 6.25. The van der Waals surface area contributed by atoms with E-state index in [9.17, 15) is 4.79 Å². The van der Waals surface area contributed by atoms with Crippen LogP contribution in [0.4, 0.5) is 5.69 Å². The van der Waals surface area contributed by atoms with E-state index in [0.717, 1.165) is 5.69 Å². The van der Waals surface area contributed by atoms with Crippen LogP contribution in [0.3, 0.4) is 0 Å². The Kier molecular flexibility index (Phi) is 4.05. The topological polar surface area (TPSA) is 84.4 Å². The average molecular weight is 274 g/mol. The molecule has 0 spiro atoms. The van der Waals surface area contributed by atoms with Crippen molar-refractivity contribution in [1.29, 1.82) is 0 Å². The van der Waals surface area contributed by atoms with Gasteiger partial charge in [0.25, 0.3) is 5.91 Å². The van der Waals surface area contributed by atoms with Crippen LogP contribution in [-0.4, -0.2) is 18.1 Å². The third kappa shape index (κ3) is 3.16. The number of amides is 1. The molecule has 0 saturated carbocycles. The van der Waals surface area contributed by atoms with Gasteiger partial charge in [0.1, 0.15) is 0 Å². The first kappa shape index (κ1) is 14.1. The predicted octanol–water partition coefficient (Wildman–Crippen LogP) is 1.53. The molecular weight excluding hydrogens is 256 g/mol. The second-order valence-electron chi connectivity index (χ2n) is 4.85. The highest BCUT2D eigenvalue weighted by molar-refractivity contribution is 5.91. The third-order valence-corrected chi connectivity index (χ3v) is 2.96. The quantitative estimate of drug-likeness (QED) is 0.502. The number of hydrogen-bond donors (Lipinski definition) is 2. The smallest absolute Gasteiger partial charge is 0.287 e. The second-order valence-corrected chi connectivity index (χ2v) is 4.85. The summed E-state index contributed by atoms with van der Waals surface area (Å²) in [6, 6.07) is 7.89. The molecule has 0 bridgehead atoms. The molecule has 0 aliphatic carbocycles. The zero-order valence-corrected chi connectivity index (χ0v) is 11.8. The normalized spacial score (nSPS) is 10.4. The van der Waals surface area contributed by atoms with Crippen molar-refractivity contribution in [3.8, 4) is 0 Å². The molecule has 106 valence electrons. The number of nitrogens with zero attached hydrogens (tertiary/aromatic N) is 2. The summed E-state index contributed by atoms with van der Waals surface area (Å²) in [7, 11) is 1.96. The number of nitrogens with one attached hydrogen (secondary N) is 1. The van der Waals surface area contributed by atoms with Crippen molar-refractivity contribution < 1.29 is 9.32 Å². The van der Waals surface area contributed by atoms with Crippen molar-refractivity contribution in [3.05, 3.63) is 46.8 Å². The number of nitrogen functional groups attached to an aromatic ring is 1. The molecule has 2 aromatic rings. The summed E-state index contributed by atoms with van der Waals surface area (Å²) >= 11 is 0. The van der Waals surface area contributed by atoms with Gasteiger partial charge in [0.2, 0.25) is 0 Å². The van der Waals surface area contributed by atoms with Crippen LogP contribution in [0.2, 0.25) is 0 Å². The van der Waals surface area contributed by atoms with E-state index < -0.39 is 5.91 Å². The maximum atomic E-state index is 11.3. The third-order valence-electron chi connectivity index (χ3n) is 2.96. The summed E-state index contributed by atoms with van der Waals surface area (Å²) in [5.41, 5.74) is 5.69. The van der Waals surface area contributed by atoms with Gasteiger partial charge in [-0.1, -0.05) is 11.2 Å². The van der Waals surface area contributed by atoms with E-state index in [-0.39, 0.29) is 5.69 Å². The van der Waals surface area contributed by atoms with Crippen LogP contribution >= 0.6 is 0 Å². The lowest BCUT2D eigenvalue weighted by Crippen LogP contribution is -2.30. The SMILES string of the molecule is Cc1cc(C)cc(N(C)Cc2cc(C(=O)NN)no2)c1. The second kappa shape index (κ2) is 5.75. The molecule has 20 heavy (non-hydrogen) atoms. The number of anilines is 1. The molecule has 1 aromatic carbocycles. The Morgan fingerprint density at radius 3 is 2.55 bits per heavy atom. The molecule has 2 rings (SSSR count). The van der Waals surface area contributed by atoms with Crippen LogP contribution in [-0.2, 0) is 6.54 Å². The molecule has 1 aromatic heterocycles. The minimum absolute atomic E-state index is 0.177. The number of rotatable bonds is 4. The van der Waals surface area contributed by atoms with E-state index in [1.807, 2.05) is 17.4 Å². The highest BCUT2D eigenvalue weighted by Crippen LogP contribution is 2.19. The molecule has 0 fully saturated rings. The maximum absolute atomic E-state index is 11.3. The van der Waals surface area contributed by atoms with Gasteiger partial charge in [-0.2, -0.15) is 0 Å². The van der Waals surface area contributed by atoms with Gasteiger partial charge < -0.3 is 9.42 Å². The van der Waals surface area contributed by atoms with Crippen LogP contribution < -0.4 is 16.2 Å². The average Bonchev–Trinajstić information content (AvgIpc) is 2.85. The van der Waals surface area contributed by atoms with Crippen molar-refractivity contribution in [2.45, 2.75) is 20.4 Å². The summed E-state index contributed by atoms with van der Waals surface area (Å²) in [6.07, 6.45) is 0. The molecule has 0 aliphatic heterocycles. The summed E-state index contributed by atoms with van der Waals surface area (Å²) in [6.45, 7) is 4.64. The molecule has 0 saturated heterocycles. The van der Waals surface area contributed by atoms with Gasteiger partial charge in [0.05, 0.1) is 6.54 Å². The lowest BCUT2D eigenvalue weighted by atomic mass is 10.1. The van der Waals surface area contributed by atoms with E-state index in [0.29, 0.717) is 12.3 Å². The molecule has 0 aliphatic rings. The number of carbonyl (C=O) groups is 1. The molecule has 3 N–H and O–H groups in total. The van der Waals surface area contributed by atoms with E-state index in [1.165, 1.54) is 11.1 Å². The fraction of sp³-hybridized carbons (Fsp3) is 0.286. The molecule has 1 heterocycles. The Hall–Kier alpha value is -2.34. The Balaban J connectivity index is 2.13. The van der Waals surface area contributed by atoms with Crippen molar-refractivity contribution in [3.63, 3.8) is 0 Å². The van der Waals surface area contributed by atoms with Crippen LogP contribution in [0, 0.1) is 13.8 Å². The number of hydrogen-bond acceptors (Lipinski definition) is 5. The number of benzene rings is 1. The highest BCUT2D eigenvalue weighted by Gasteiger charge is 2.13. The van der Waals surface area contributed by atoms with Gasteiger partial charge in [-0.05, 0) is 37.1 Å². The van der Waals surface area contributed by atoms with Crippen LogP contribution in [0.15, 0.2) is 28.8 Å². The number of aromatic nitrogens is 1. The maximum Gasteiger partial charge on any atom is 0.287 e. The molecular formula is C14H18N4O2. The standard InChI is InChI=1S/C14H18N4O2/c1-9-4-10(2)6-11(5-9)18(3)8-12-7-13(17-20-12)14(19)16-15/h4-7H,8,15H2,1-3H3,(H,16,19). The lowest BCUT2D eigenvalue weighted by Gasteiger charge is -2.18. The summed E-state index contributed by atoms with van der Waals surface area (Å²) < 4.78 is 5.13. The lowest BCUT2D eigenvalue weighted by molar-refractivity contribution is 0.0944. The van der Waals surface area contributed by atoms with Gasteiger partial charge in [-0.15, -0.1) is 0 Å². The number of carbonyl (C=O) groups excluding carboxylic acids is 1.